The molecule has 2 aromatic carbocycles. The average molecular weight is 419 g/mol. The van der Waals surface area contributed by atoms with E-state index in [0.29, 0.717) is 18.6 Å². The standard InChI is InChI=1S/C20H22FN3O4S/c1-28-18-4-2-3-15(13-18)14-22-23-20(25)16-9-11-24(12-10-16)29(26,27)19-7-5-17(21)6-8-19/h2-8,13-14,16H,9-12H2,1H3,(H,23,25)/b22-14-. The number of hydrogen-bond acceptors (Lipinski definition) is 5. The van der Waals surface area contributed by atoms with Gasteiger partial charge in [0.25, 0.3) is 0 Å². The van der Waals surface area contributed by atoms with Crippen LogP contribution in [-0.4, -0.2) is 45.0 Å². The molecule has 0 spiro atoms. The fraction of sp³-hybridized carbons (Fsp3) is 0.300. The lowest BCUT2D eigenvalue weighted by atomic mass is 9.98. The molecular formula is C20H22FN3O4S. The zero-order chi connectivity index (χ0) is 20.9. The second-order valence-corrected chi connectivity index (χ2v) is 8.58. The van der Waals surface area contributed by atoms with Gasteiger partial charge in [0.1, 0.15) is 11.6 Å². The third-order valence-corrected chi connectivity index (χ3v) is 6.67. The molecule has 0 aromatic heterocycles. The minimum Gasteiger partial charge on any atom is -0.497 e. The van der Waals surface area contributed by atoms with Crippen LogP contribution in [0.25, 0.3) is 0 Å². The van der Waals surface area contributed by atoms with Crippen molar-refractivity contribution < 1.29 is 22.3 Å². The van der Waals surface area contributed by atoms with Crippen LogP contribution in [0.4, 0.5) is 4.39 Å². The molecule has 1 aliphatic rings. The number of carbonyl (C=O) groups is 1. The van der Waals surface area contributed by atoms with E-state index < -0.39 is 15.8 Å². The van der Waals surface area contributed by atoms with Gasteiger partial charge in [0, 0.05) is 19.0 Å². The Balaban J connectivity index is 1.54. The van der Waals surface area contributed by atoms with E-state index in [9.17, 15) is 17.6 Å². The smallest absolute Gasteiger partial charge is 0.243 e. The number of benzene rings is 2. The highest BCUT2D eigenvalue weighted by Crippen LogP contribution is 2.24. The Hall–Kier alpha value is -2.78. The molecule has 0 unspecified atom stereocenters. The van der Waals surface area contributed by atoms with Crippen molar-refractivity contribution in [3.05, 3.63) is 59.9 Å². The Morgan fingerprint density at radius 2 is 1.90 bits per heavy atom. The minimum absolute atomic E-state index is 0.0460. The monoisotopic (exact) mass is 419 g/mol. The molecule has 3 rings (SSSR count). The summed E-state index contributed by atoms with van der Waals surface area (Å²) in [6.07, 6.45) is 2.30. The van der Waals surface area contributed by atoms with Gasteiger partial charge in [-0.1, -0.05) is 12.1 Å². The molecule has 1 N–H and O–H groups in total. The molecule has 1 amide bonds. The number of rotatable bonds is 6. The number of ether oxygens (including phenoxy) is 1. The molecule has 1 aliphatic heterocycles. The van der Waals surface area contributed by atoms with Gasteiger partial charge in [-0.25, -0.2) is 18.2 Å². The maximum absolute atomic E-state index is 13.0. The van der Waals surface area contributed by atoms with Crippen molar-refractivity contribution in [2.75, 3.05) is 20.2 Å². The van der Waals surface area contributed by atoms with Crippen molar-refractivity contribution in [3.8, 4) is 5.75 Å². The van der Waals surface area contributed by atoms with E-state index in [1.54, 1.807) is 13.2 Å². The Kier molecular flexibility index (Phi) is 6.60. The molecule has 1 heterocycles. The fourth-order valence-electron chi connectivity index (χ4n) is 3.10. The maximum atomic E-state index is 13.0. The number of hydrazone groups is 1. The number of nitrogens with one attached hydrogen (secondary N) is 1. The highest BCUT2D eigenvalue weighted by Gasteiger charge is 2.32. The van der Waals surface area contributed by atoms with Gasteiger partial charge in [-0.2, -0.15) is 9.41 Å². The number of nitrogens with zero attached hydrogens (tertiary/aromatic N) is 2. The molecular weight excluding hydrogens is 397 g/mol. The number of piperidine rings is 1. The van der Waals surface area contributed by atoms with Crippen molar-refractivity contribution in [1.29, 1.82) is 0 Å². The molecule has 1 fully saturated rings. The second-order valence-electron chi connectivity index (χ2n) is 6.64. The first-order chi connectivity index (χ1) is 13.9. The van der Waals surface area contributed by atoms with Crippen LogP contribution in [0.15, 0.2) is 58.5 Å². The van der Waals surface area contributed by atoms with Crippen LogP contribution >= 0.6 is 0 Å². The van der Waals surface area contributed by atoms with Gasteiger partial charge in [-0.3, -0.25) is 4.79 Å². The predicted molar refractivity (Wildman–Crippen MR) is 107 cm³/mol. The largest absolute Gasteiger partial charge is 0.497 e. The first-order valence-corrected chi connectivity index (χ1v) is 10.6. The van der Waals surface area contributed by atoms with Gasteiger partial charge in [-0.05, 0) is 54.8 Å². The molecule has 2 aromatic rings. The van der Waals surface area contributed by atoms with Crippen molar-refractivity contribution >= 4 is 22.1 Å². The number of amides is 1. The number of sulfonamides is 1. The van der Waals surface area contributed by atoms with Crippen LogP contribution in [0.5, 0.6) is 5.75 Å². The summed E-state index contributed by atoms with van der Waals surface area (Å²) < 4.78 is 44.7. The molecule has 29 heavy (non-hydrogen) atoms. The first kappa shape index (κ1) is 20.9. The summed E-state index contributed by atoms with van der Waals surface area (Å²) in [5, 5.41) is 3.97. The summed E-state index contributed by atoms with van der Waals surface area (Å²) in [5.41, 5.74) is 3.29. The van der Waals surface area contributed by atoms with E-state index in [0.717, 1.165) is 17.7 Å². The summed E-state index contributed by atoms with van der Waals surface area (Å²) >= 11 is 0. The number of hydrogen-bond donors (Lipinski definition) is 1. The summed E-state index contributed by atoms with van der Waals surface area (Å²) in [5.74, 6) is -0.371. The van der Waals surface area contributed by atoms with Crippen LogP contribution in [0.2, 0.25) is 0 Å². The molecule has 0 saturated carbocycles. The van der Waals surface area contributed by atoms with Gasteiger partial charge in [0.05, 0.1) is 18.2 Å². The van der Waals surface area contributed by atoms with Gasteiger partial charge in [-0.15, -0.1) is 0 Å². The van der Waals surface area contributed by atoms with Crippen LogP contribution < -0.4 is 10.2 Å². The molecule has 7 nitrogen and oxygen atoms in total. The zero-order valence-corrected chi connectivity index (χ0v) is 16.7. The number of halogens is 1. The normalized spacial score (nSPS) is 16.1. The van der Waals surface area contributed by atoms with E-state index >= 15 is 0 Å². The Bertz CT molecular complexity index is 985. The Morgan fingerprint density at radius 3 is 2.55 bits per heavy atom. The maximum Gasteiger partial charge on any atom is 0.243 e. The van der Waals surface area contributed by atoms with E-state index in [2.05, 4.69) is 10.5 Å². The van der Waals surface area contributed by atoms with Crippen molar-refractivity contribution in [3.63, 3.8) is 0 Å². The van der Waals surface area contributed by atoms with Gasteiger partial charge in [0.2, 0.25) is 15.9 Å². The third-order valence-electron chi connectivity index (χ3n) is 4.76. The first-order valence-electron chi connectivity index (χ1n) is 9.13. The van der Waals surface area contributed by atoms with Gasteiger partial charge < -0.3 is 4.74 Å². The zero-order valence-electron chi connectivity index (χ0n) is 15.9. The highest BCUT2D eigenvalue weighted by atomic mass is 32.2. The summed E-state index contributed by atoms with van der Waals surface area (Å²) in [6, 6.07) is 12.0. The topological polar surface area (TPSA) is 88.1 Å². The molecule has 154 valence electrons. The van der Waals surface area contributed by atoms with Crippen LogP contribution in [0.3, 0.4) is 0 Å². The minimum atomic E-state index is -3.69. The third kappa shape index (κ3) is 5.18. The van der Waals surface area contributed by atoms with Crippen LogP contribution in [0.1, 0.15) is 18.4 Å². The Labute approximate surface area is 169 Å². The lowest BCUT2D eigenvalue weighted by Gasteiger charge is -2.30. The van der Waals surface area contributed by atoms with Crippen molar-refractivity contribution in [2.24, 2.45) is 11.0 Å². The van der Waals surface area contributed by atoms with E-state index in [1.165, 1.54) is 22.7 Å². The summed E-state index contributed by atoms with van der Waals surface area (Å²) in [4.78, 5) is 12.4. The number of carbonyl (C=O) groups excluding carboxylic acids is 1. The molecule has 0 bridgehead atoms. The van der Waals surface area contributed by atoms with E-state index in [1.807, 2.05) is 18.2 Å². The number of methoxy groups -OCH3 is 1. The average Bonchev–Trinajstić information content (AvgIpc) is 2.74. The van der Waals surface area contributed by atoms with Gasteiger partial charge in [0.15, 0.2) is 0 Å². The van der Waals surface area contributed by atoms with Crippen molar-refractivity contribution in [1.82, 2.24) is 9.73 Å². The molecule has 0 aliphatic carbocycles. The predicted octanol–water partition coefficient (Wildman–Crippen LogP) is 2.39. The van der Waals surface area contributed by atoms with Crippen molar-refractivity contribution in [2.45, 2.75) is 17.7 Å². The van der Waals surface area contributed by atoms with Crippen LogP contribution in [0, 0.1) is 11.7 Å². The fourth-order valence-corrected chi connectivity index (χ4v) is 4.57. The summed E-state index contributed by atoms with van der Waals surface area (Å²) in [7, 11) is -2.12. The Morgan fingerprint density at radius 1 is 1.21 bits per heavy atom. The van der Waals surface area contributed by atoms with Crippen LogP contribution in [-0.2, 0) is 14.8 Å². The lowest BCUT2D eigenvalue weighted by Crippen LogP contribution is -2.42. The molecule has 1 saturated heterocycles. The summed E-state index contributed by atoms with van der Waals surface area (Å²) in [6.45, 7) is 0.439. The van der Waals surface area contributed by atoms with E-state index in [4.69, 9.17) is 4.74 Å². The molecule has 9 heteroatoms. The second kappa shape index (κ2) is 9.15. The van der Waals surface area contributed by atoms with Gasteiger partial charge >= 0.3 is 0 Å². The molecule has 0 radical (unpaired) electrons. The quantitative estimate of drug-likeness (QED) is 0.575. The lowest BCUT2D eigenvalue weighted by molar-refractivity contribution is -0.126. The highest BCUT2D eigenvalue weighted by molar-refractivity contribution is 7.89. The molecule has 0 atom stereocenters. The SMILES string of the molecule is COc1cccc(/C=N\NC(=O)C2CCN(S(=O)(=O)c3ccc(F)cc3)CC2)c1. The van der Waals surface area contributed by atoms with E-state index in [-0.39, 0.29) is 29.8 Å².